The van der Waals surface area contributed by atoms with Crippen molar-refractivity contribution in [1.82, 2.24) is 15.1 Å². The fraction of sp³-hybridized carbons (Fsp3) is 0.750. The fourth-order valence-corrected chi connectivity index (χ4v) is 2.73. The SMILES string of the molecule is CCn1nc(C)c(Cl)c1CC1(CO)CCNC1. The quantitative estimate of drug-likeness (QED) is 0.857. The molecule has 0 aromatic carbocycles. The van der Waals surface area contributed by atoms with E-state index in [9.17, 15) is 5.11 Å². The van der Waals surface area contributed by atoms with E-state index in [0.29, 0.717) is 0 Å². The van der Waals surface area contributed by atoms with Crippen LogP contribution in [-0.4, -0.2) is 34.6 Å². The highest BCUT2D eigenvalue weighted by Gasteiger charge is 2.35. The van der Waals surface area contributed by atoms with Crippen molar-refractivity contribution in [2.24, 2.45) is 5.41 Å². The summed E-state index contributed by atoms with van der Waals surface area (Å²) >= 11 is 6.30. The fourth-order valence-electron chi connectivity index (χ4n) is 2.53. The summed E-state index contributed by atoms with van der Waals surface area (Å²) < 4.78 is 1.95. The van der Waals surface area contributed by atoms with E-state index in [1.807, 2.05) is 11.6 Å². The molecule has 1 aliphatic rings. The van der Waals surface area contributed by atoms with Crippen LogP contribution in [0, 0.1) is 12.3 Å². The standard InChI is InChI=1S/C12H20ClN3O/c1-3-16-10(11(13)9(2)15-16)6-12(8-17)4-5-14-7-12/h14,17H,3-8H2,1-2H3. The highest BCUT2D eigenvalue weighted by molar-refractivity contribution is 6.31. The van der Waals surface area contributed by atoms with Gasteiger partial charge in [-0.25, -0.2) is 0 Å². The Hall–Kier alpha value is -0.580. The Morgan fingerprint density at radius 2 is 2.35 bits per heavy atom. The van der Waals surface area contributed by atoms with Gasteiger partial charge in [-0.15, -0.1) is 0 Å². The van der Waals surface area contributed by atoms with Crippen molar-refractivity contribution in [3.8, 4) is 0 Å². The van der Waals surface area contributed by atoms with E-state index < -0.39 is 0 Å². The molecule has 1 aromatic heterocycles. The van der Waals surface area contributed by atoms with Gasteiger partial charge in [-0.1, -0.05) is 11.6 Å². The van der Waals surface area contributed by atoms with Crippen molar-refractivity contribution in [1.29, 1.82) is 0 Å². The first-order valence-corrected chi connectivity index (χ1v) is 6.53. The van der Waals surface area contributed by atoms with Gasteiger partial charge < -0.3 is 10.4 Å². The molecule has 4 nitrogen and oxygen atoms in total. The monoisotopic (exact) mass is 257 g/mol. The predicted octanol–water partition coefficient (Wildman–Crippen LogP) is 1.38. The zero-order chi connectivity index (χ0) is 12.5. The number of aliphatic hydroxyl groups excluding tert-OH is 1. The Balaban J connectivity index is 2.28. The Morgan fingerprint density at radius 3 is 2.88 bits per heavy atom. The van der Waals surface area contributed by atoms with Crippen LogP contribution in [-0.2, 0) is 13.0 Å². The van der Waals surface area contributed by atoms with Gasteiger partial charge in [0.2, 0.25) is 0 Å². The van der Waals surface area contributed by atoms with Gasteiger partial charge in [-0.3, -0.25) is 4.68 Å². The van der Waals surface area contributed by atoms with E-state index in [-0.39, 0.29) is 12.0 Å². The largest absolute Gasteiger partial charge is 0.396 e. The third kappa shape index (κ3) is 2.34. The molecule has 5 heteroatoms. The first-order chi connectivity index (χ1) is 8.12. The molecule has 1 fully saturated rings. The number of nitrogens with one attached hydrogen (secondary N) is 1. The summed E-state index contributed by atoms with van der Waals surface area (Å²) in [5.74, 6) is 0. The molecule has 96 valence electrons. The van der Waals surface area contributed by atoms with E-state index >= 15 is 0 Å². The average Bonchev–Trinajstić information content (AvgIpc) is 2.90. The first kappa shape index (κ1) is 12.9. The van der Waals surface area contributed by atoms with Crippen LogP contribution < -0.4 is 5.32 Å². The Morgan fingerprint density at radius 1 is 1.59 bits per heavy atom. The van der Waals surface area contributed by atoms with Crippen molar-refractivity contribution in [3.05, 3.63) is 16.4 Å². The van der Waals surface area contributed by atoms with E-state index in [1.165, 1.54) is 0 Å². The second-order valence-corrected chi connectivity index (χ2v) is 5.30. The van der Waals surface area contributed by atoms with Crippen LogP contribution in [0.2, 0.25) is 5.02 Å². The van der Waals surface area contributed by atoms with Gasteiger partial charge in [0.15, 0.2) is 0 Å². The van der Waals surface area contributed by atoms with E-state index in [1.54, 1.807) is 0 Å². The molecule has 0 aliphatic carbocycles. The number of hydrogen-bond donors (Lipinski definition) is 2. The molecule has 0 bridgehead atoms. The maximum absolute atomic E-state index is 9.63. The molecule has 1 saturated heterocycles. The molecule has 0 radical (unpaired) electrons. The summed E-state index contributed by atoms with van der Waals surface area (Å²) in [5, 5.41) is 18.1. The summed E-state index contributed by atoms with van der Waals surface area (Å²) in [4.78, 5) is 0. The minimum atomic E-state index is -0.0664. The number of aliphatic hydroxyl groups is 1. The Labute approximate surface area is 107 Å². The maximum Gasteiger partial charge on any atom is 0.0847 e. The predicted molar refractivity (Wildman–Crippen MR) is 68.4 cm³/mol. The Bertz CT molecular complexity index is 397. The lowest BCUT2D eigenvalue weighted by Gasteiger charge is -2.25. The molecular weight excluding hydrogens is 238 g/mol. The van der Waals surface area contributed by atoms with Crippen LogP contribution in [0.15, 0.2) is 0 Å². The van der Waals surface area contributed by atoms with Crippen molar-refractivity contribution < 1.29 is 5.11 Å². The first-order valence-electron chi connectivity index (χ1n) is 6.15. The molecule has 1 aromatic rings. The Kier molecular flexibility index (Phi) is 3.76. The highest BCUT2D eigenvalue weighted by Crippen LogP contribution is 2.33. The van der Waals surface area contributed by atoms with Crippen LogP contribution in [0.4, 0.5) is 0 Å². The van der Waals surface area contributed by atoms with Crippen LogP contribution in [0.5, 0.6) is 0 Å². The summed E-state index contributed by atoms with van der Waals surface area (Å²) in [6.07, 6.45) is 1.79. The lowest BCUT2D eigenvalue weighted by Crippen LogP contribution is -2.31. The molecule has 1 unspecified atom stereocenters. The van der Waals surface area contributed by atoms with Gasteiger partial charge in [-0.2, -0.15) is 5.10 Å². The number of nitrogens with zero attached hydrogens (tertiary/aromatic N) is 2. The highest BCUT2D eigenvalue weighted by atomic mass is 35.5. The van der Waals surface area contributed by atoms with Gasteiger partial charge in [0.1, 0.15) is 0 Å². The zero-order valence-electron chi connectivity index (χ0n) is 10.5. The molecule has 2 N–H and O–H groups in total. The minimum Gasteiger partial charge on any atom is -0.396 e. The second-order valence-electron chi connectivity index (χ2n) is 4.92. The van der Waals surface area contributed by atoms with E-state index in [2.05, 4.69) is 17.3 Å². The van der Waals surface area contributed by atoms with Crippen LogP contribution in [0.1, 0.15) is 24.7 Å². The number of rotatable bonds is 4. The molecule has 17 heavy (non-hydrogen) atoms. The van der Waals surface area contributed by atoms with Crippen LogP contribution in [0.25, 0.3) is 0 Å². The third-order valence-electron chi connectivity index (χ3n) is 3.66. The molecule has 2 rings (SSSR count). The second kappa shape index (κ2) is 4.96. The van der Waals surface area contributed by atoms with Crippen molar-refractivity contribution in [2.75, 3.05) is 19.7 Å². The third-order valence-corrected chi connectivity index (χ3v) is 4.15. The van der Waals surface area contributed by atoms with Crippen molar-refractivity contribution in [2.45, 2.75) is 33.2 Å². The van der Waals surface area contributed by atoms with Gasteiger partial charge in [-0.05, 0) is 33.2 Å². The molecule has 0 spiro atoms. The van der Waals surface area contributed by atoms with E-state index in [0.717, 1.165) is 48.9 Å². The minimum absolute atomic E-state index is 0.0664. The van der Waals surface area contributed by atoms with Crippen molar-refractivity contribution in [3.63, 3.8) is 0 Å². The number of hydrogen-bond acceptors (Lipinski definition) is 3. The number of aryl methyl sites for hydroxylation is 2. The summed E-state index contributed by atoms with van der Waals surface area (Å²) in [6.45, 7) is 6.83. The van der Waals surface area contributed by atoms with Crippen LogP contribution in [0.3, 0.4) is 0 Å². The van der Waals surface area contributed by atoms with Gasteiger partial charge in [0, 0.05) is 18.5 Å². The molecule has 1 aliphatic heterocycles. The number of halogens is 1. The van der Waals surface area contributed by atoms with Crippen molar-refractivity contribution >= 4 is 11.6 Å². The summed E-state index contributed by atoms with van der Waals surface area (Å²) in [5.41, 5.74) is 1.87. The summed E-state index contributed by atoms with van der Waals surface area (Å²) in [6, 6.07) is 0. The normalized spacial score (nSPS) is 24.5. The molecule has 0 saturated carbocycles. The van der Waals surface area contributed by atoms with Gasteiger partial charge >= 0.3 is 0 Å². The lowest BCUT2D eigenvalue weighted by atomic mass is 9.83. The summed E-state index contributed by atoms with van der Waals surface area (Å²) in [7, 11) is 0. The molecular formula is C12H20ClN3O. The van der Waals surface area contributed by atoms with Gasteiger partial charge in [0.25, 0.3) is 0 Å². The molecule has 1 atom stereocenters. The lowest BCUT2D eigenvalue weighted by molar-refractivity contribution is 0.140. The molecule has 0 amide bonds. The smallest absolute Gasteiger partial charge is 0.0847 e. The van der Waals surface area contributed by atoms with Crippen LogP contribution >= 0.6 is 11.6 Å². The number of aromatic nitrogens is 2. The van der Waals surface area contributed by atoms with Gasteiger partial charge in [0.05, 0.1) is 23.0 Å². The molecule has 2 heterocycles. The topological polar surface area (TPSA) is 50.1 Å². The maximum atomic E-state index is 9.63. The average molecular weight is 258 g/mol. The van der Waals surface area contributed by atoms with E-state index in [4.69, 9.17) is 11.6 Å². The zero-order valence-corrected chi connectivity index (χ0v) is 11.2.